The number of aliphatic carboxylic acids is 1. The average Bonchev–Trinajstić information content (AvgIpc) is 2.47. The van der Waals surface area contributed by atoms with Crippen molar-refractivity contribution in [1.29, 1.82) is 5.26 Å². The van der Waals surface area contributed by atoms with Crippen LogP contribution in [0, 0.1) is 11.3 Å². The van der Waals surface area contributed by atoms with E-state index in [0.717, 1.165) is 10.5 Å². The Kier molecular flexibility index (Phi) is 4.75. The van der Waals surface area contributed by atoms with Crippen molar-refractivity contribution in [1.82, 2.24) is 4.98 Å². The smallest absolute Gasteiger partial charge is 0.321 e. The number of benzene rings is 1. The van der Waals surface area contributed by atoms with Crippen molar-refractivity contribution in [2.45, 2.75) is 16.6 Å². The molecule has 1 N–H and O–H groups in total. The maximum atomic E-state index is 11.4. The summed E-state index contributed by atoms with van der Waals surface area (Å²) in [6.45, 7) is 0. The number of hydrogen-bond acceptors (Lipinski definition) is 4. The molecular formula is C15H12N2O2S. The summed E-state index contributed by atoms with van der Waals surface area (Å²) in [7, 11) is 0. The standard InChI is InChI=1S/C15H12N2O2S/c16-8-7-11-3-5-13(6-4-11)20-14(15(18)19)12-2-1-9-17-10-12/h1-6,9-10,14H,7H2,(H,18,19). The van der Waals surface area contributed by atoms with Crippen LogP contribution in [0.3, 0.4) is 0 Å². The normalized spacial score (nSPS) is 11.6. The minimum Gasteiger partial charge on any atom is -0.480 e. The number of carboxylic acid groups (broad SMARTS) is 1. The minimum absolute atomic E-state index is 0.357. The molecule has 20 heavy (non-hydrogen) atoms. The van der Waals surface area contributed by atoms with Gasteiger partial charge in [-0.2, -0.15) is 5.26 Å². The molecule has 0 saturated heterocycles. The van der Waals surface area contributed by atoms with Gasteiger partial charge in [0.1, 0.15) is 5.25 Å². The number of nitriles is 1. The topological polar surface area (TPSA) is 74.0 Å². The molecule has 0 aliphatic carbocycles. The molecule has 1 atom stereocenters. The molecule has 1 aromatic carbocycles. The number of nitrogens with zero attached hydrogens (tertiary/aromatic N) is 2. The molecule has 1 heterocycles. The van der Waals surface area contributed by atoms with E-state index < -0.39 is 11.2 Å². The second-order valence-electron chi connectivity index (χ2n) is 4.10. The molecule has 1 aromatic heterocycles. The molecule has 0 saturated carbocycles. The first-order valence-corrected chi connectivity index (χ1v) is 6.84. The predicted molar refractivity (Wildman–Crippen MR) is 76.2 cm³/mol. The fraction of sp³-hybridized carbons (Fsp3) is 0.133. The highest BCUT2D eigenvalue weighted by Crippen LogP contribution is 2.35. The molecule has 0 amide bonds. The molecule has 0 spiro atoms. The van der Waals surface area contributed by atoms with E-state index in [2.05, 4.69) is 11.1 Å². The zero-order chi connectivity index (χ0) is 14.4. The van der Waals surface area contributed by atoms with Gasteiger partial charge in [-0.15, -0.1) is 11.8 Å². The number of hydrogen-bond donors (Lipinski definition) is 1. The molecule has 2 aromatic rings. The summed E-state index contributed by atoms with van der Waals surface area (Å²) in [6.07, 6.45) is 3.54. The van der Waals surface area contributed by atoms with Crippen molar-refractivity contribution in [2.75, 3.05) is 0 Å². The average molecular weight is 284 g/mol. The molecule has 5 heteroatoms. The Morgan fingerprint density at radius 3 is 2.65 bits per heavy atom. The number of pyridine rings is 1. The molecule has 2 rings (SSSR count). The Hall–Kier alpha value is -2.32. The van der Waals surface area contributed by atoms with Gasteiger partial charge in [0.15, 0.2) is 0 Å². The molecule has 0 radical (unpaired) electrons. The Morgan fingerprint density at radius 2 is 2.10 bits per heavy atom. The molecule has 100 valence electrons. The fourth-order valence-corrected chi connectivity index (χ4v) is 2.65. The van der Waals surface area contributed by atoms with Gasteiger partial charge in [0.2, 0.25) is 0 Å². The lowest BCUT2D eigenvalue weighted by atomic mass is 10.2. The van der Waals surface area contributed by atoms with E-state index in [1.807, 2.05) is 24.3 Å². The number of thioether (sulfide) groups is 1. The first-order chi connectivity index (χ1) is 9.70. The lowest BCUT2D eigenvalue weighted by Crippen LogP contribution is -2.08. The molecule has 0 fully saturated rings. The molecule has 4 nitrogen and oxygen atoms in total. The molecule has 0 bridgehead atoms. The maximum absolute atomic E-state index is 11.4. The van der Waals surface area contributed by atoms with Gasteiger partial charge < -0.3 is 5.11 Å². The van der Waals surface area contributed by atoms with Gasteiger partial charge in [-0.05, 0) is 29.3 Å². The van der Waals surface area contributed by atoms with Crippen LogP contribution in [0.25, 0.3) is 0 Å². The summed E-state index contributed by atoms with van der Waals surface area (Å²) in [5.41, 5.74) is 1.58. The second-order valence-corrected chi connectivity index (χ2v) is 5.28. The molecule has 0 aliphatic heterocycles. The maximum Gasteiger partial charge on any atom is 0.321 e. The summed E-state index contributed by atoms with van der Waals surface area (Å²) < 4.78 is 0. The highest BCUT2D eigenvalue weighted by atomic mass is 32.2. The van der Waals surface area contributed by atoms with E-state index in [0.29, 0.717) is 12.0 Å². The van der Waals surface area contributed by atoms with Crippen LogP contribution in [0.4, 0.5) is 0 Å². The van der Waals surface area contributed by atoms with E-state index in [-0.39, 0.29) is 0 Å². The number of aromatic nitrogens is 1. The minimum atomic E-state index is -0.899. The van der Waals surface area contributed by atoms with Crippen molar-refractivity contribution in [3.63, 3.8) is 0 Å². The number of carbonyl (C=O) groups is 1. The highest BCUT2D eigenvalue weighted by Gasteiger charge is 2.21. The SMILES string of the molecule is N#CCc1ccc(SC(C(=O)O)c2cccnc2)cc1. The van der Waals surface area contributed by atoms with Gasteiger partial charge in [0.25, 0.3) is 0 Å². The molecule has 1 unspecified atom stereocenters. The van der Waals surface area contributed by atoms with Crippen molar-refractivity contribution >= 4 is 17.7 Å². The van der Waals surface area contributed by atoms with E-state index in [1.165, 1.54) is 11.8 Å². The van der Waals surface area contributed by atoms with Crippen LogP contribution in [-0.4, -0.2) is 16.1 Å². The van der Waals surface area contributed by atoms with Crippen LogP contribution in [-0.2, 0) is 11.2 Å². The van der Waals surface area contributed by atoms with Gasteiger partial charge in [0, 0.05) is 17.3 Å². The summed E-state index contributed by atoms with van der Waals surface area (Å²) in [5.74, 6) is -0.899. The largest absolute Gasteiger partial charge is 0.480 e. The Balaban J connectivity index is 2.17. The van der Waals surface area contributed by atoms with Crippen molar-refractivity contribution in [3.8, 4) is 6.07 Å². The van der Waals surface area contributed by atoms with Crippen LogP contribution >= 0.6 is 11.8 Å². The van der Waals surface area contributed by atoms with E-state index >= 15 is 0 Å². The lowest BCUT2D eigenvalue weighted by molar-refractivity contribution is -0.136. The van der Waals surface area contributed by atoms with Gasteiger partial charge in [0.05, 0.1) is 12.5 Å². The third-order valence-corrected chi connectivity index (χ3v) is 3.93. The van der Waals surface area contributed by atoms with E-state index in [1.54, 1.807) is 24.5 Å². The van der Waals surface area contributed by atoms with E-state index in [9.17, 15) is 9.90 Å². The lowest BCUT2D eigenvalue weighted by Gasteiger charge is -2.12. The Morgan fingerprint density at radius 1 is 1.35 bits per heavy atom. The van der Waals surface area contributed by atoms with Gasteiger partial charge in [-0.25, -0.2) is 0 Å². The van der Waals surface area contributed by atoms with Crippen molar-refractivity contribution in [3.05, 3.63) is 59.9 Å². The van der Waals surface area contributed by atoms with Gasteiger partial charge in [-0.1, -0.05) is 18.2 Å². The van der Waals surface area contributed by atoms with Crippen LogP contribution in [0.5, 0.6) is 0 Å². The first-order valence-electron chi connectivity index (χ1n) is 5.96. The molecular weight excluding hydrogens is 272 g/mol. The second kappa shape index (κ2) is 6.73. The Labute approximate surface area is 121 Å². The number of carboxylic acids is 1. The summed E-state index contributed by atoms with van der Waals surface area (Å²) in [6, 6.07) is 12.9. The highest BCUT2D eigenvalue weighted by molar-refractivity contribution is 8.00. The molecule has 0 aliphatic rings. The Bertz CT molecular complexity index is 621. The zero-order valence-corrected chi connectivity index (χ0v) is 11.4. The van der Waals surface area contributed by atoms with Crippen molar-refractivity contribution in [2.24, 2.45) is 0 Å². The summed E-state index contributed by atoms with van der Waals surface area (Å²) in [4.78, 5) is 16.2. The van der Waals surface area contributed by atoms with E-state index in [4.69, 9.17) is 5.26 Å². The number of rotatable bonds is 5. The first kappa shape index (κ1) is 14.1. The van der Waals surface area contributed by atoms with Crippen molar-refractivity contribution < 1.29 is 9.90 Å². The third-order valence-electron chi connectivity index (χ3n) is 2.67. The third kappa shape index (κ3) is 3.59. The van der Waals surface area contributed by atoms with Crippen LogP contribution in [0.1, 0.15) is 16.4 Å². The van der Waals surface area contributed by atoms with Crippen LogP contribution in [0.2, 0.25) is 0 Å². The predicted octanol–water partition coefficient (Wildman–Crippen LogP) is 3.07. The van der Waals surface area contributed by atoms with Crippen LogP contribution in [0.15, 0.2) is 53.7 Å². The fourth-order valence-electron chi connectivity index (χ4n) is 1.71. The zero-order valence-electron chi connectivity index (χ0n) is 10.6. The quantitative estimate of drug-likeness (QED) is 0.854. The monoisotopic (exact) mass is 284 g/mol. The summed E-state index contributed by atoms with van der Waals surface area (Å²) in [5, 5.41) is 17.3. The van der Waals surface area contributed by atoms with Gasteiger partial charge in [-0.3, -0.25) is 9.78 Å². The van der Waals surface area contributed by atoms with Gasteiger partial charge >= 0.3 is 5.97 Å². The summed E-state index contributed by atoms with van der Waals surface area (Å²) >= 11 is 1.25. The van der Waals surface area contributed by atoms with Crippen LogP contribution < -0.4 is 0 Å².